The quantitative estimate of drug-likeness (QED) is 0.286. The van der Waals surface area contributed by atoms with Crippen LogP contribution < -0.4 is 4.18 Å². The van der Waals surface area contributed by atoms with E-state index in [4.69, 9.17) is 4.18 Å². The van der Waals surface area contributed by atoms with Crippen LogP contribution in [0.25, 0.3) is 11.6 Å². The van der Waals surface area contributed by atoms with Gasteiger partial charge < -0.3 is 4.18 Å². The van der Waals surface area contributed by atoms with Gasteiger partial charge in [-0.2, -0.15) is 13.7 Å². The van der Waals surface area contributed by atoms with E-state index in [1.807, 2.05) is 37.3 Å². The van der Waals surface area contributed by atoms with Gasteiger partial charge in [0.05, 0.1) is 16.1 Å². The van der Waals surface area contributed by atoms with E-state index >= 15 is 0 Å². The first-order chi connectivity index (χ1) is 13.4. The second-order valence-electron chi connectivity index (χ2n) is 6.08. The molecule has 0 bridgehead atoms. The third-order valence-corrected chi connectivity index (χ3v) is 5.85. The fourth-order valence-corrected chi connectivity index (χ4v) is 4.04. The van der Waals surface area contributed by atoms with Crippen molar-refractivity contribution < 1.29 is 12.6 Å². The highest BCUT2D eigenvalue weighted by molar-refractivity contribution is 9.10. The summed E-state index contributed by atoms with van der Waals surface area (Å²) in [6, 6.07) is 22.9. The number of aryl methyl sites for hydroxylation is 1. The van der Waals surface area contributed by atoms with Gasteiger partial charge >= 0.3 is 10.1 Å². The fraction of sp³-hybridized carbons (Fsp3) is 0.0455. The number of allylic oxidation sites excluding steroid dienone is 1. The van der Waals surface area contributed by atoms with Gasteiger partial charge in [0.2, 0.25) is 0 Å². The van der Waals surface area contributed by atoms with Crippen LogP contribution in [0.3, 0.4) is 0 Å². The molecule has 0 fully saturated rings. The Kier molecular flexibility index (Phi) is 5.98. The summed E-state index contributed by atoms with van der Waals surface area (Å²) in [5, 5.41) is 9.43. The van der Waals surface area contributed by atoms with E-state index in [1.54, 1.807) is 36.4 Å². The molecule has 0 aliphatic rings. The van der Waals surface area contributed by atoms with Crippen molar-refractivity contribution in [1.82, 2.24) is 0 Å². The van der Waals surface area contributed by atoms with Crippen molar-refractivity contribution in [1.29, 1.82) is 5.26 Å². The number of nitriles is 1. The van der Waals surface area contributed by atoms with E-state index < -0.39 is 10.1 Å². The molecule has 3 aromatic rings. The minimum Gasteiger partial charge on any atom is -0.378 e. The molecule has 28 heavy (non-hydrogen) atoms. The summed E-state index contributed by atoms with van der Waals surface area (Å²) in [5.41, 5.74) is 3.02. The van der Waals surface area contributed by atoms with E-state index in [0.29, 0.717) is 10.0 Å². The van der Waals surface area contributed by atoms with Gasteiger partial charge in [0, 0.05) is 0 Å². The summed E-state index contributed by atoms with van der Waals surface area (Å²) < 4.78 is 30.7. The zero-order chi connectivity index (χ0) is 20.1. The Morgan fingerprint density at radius 1 is 1.04 bits per heavy atom. The molecule has 0 radical (unpaired) electrons. The molecule has 0 unspecified atom stereocenters. The number of benzene rings is 3. The highest BCUT2D eigenvalue weighted by Crippen LogP contribution is 2.30. The Bertz CT molecular complexity index is 1160. The summed E-state index contributed by atoms with van der Waals surface area (Å²) in [7, 11) is -3.93. The van der Waals surface area contributed by atoms with Crippen LogP contribution in [0.2, 0.25) is 0 Å². The highest BCUT2D eigenvalue weighted by Gasteiger charge is 2.18. The van der Waals surface area contributed by atoms with Gasteiger partial charge in [-0.3, -0.25) is 0 Å². The molecule has 0 N–H and O–H groups in total. The predicted molar refractivity (Wildman–Crippen MR) is 113 cm³/mol. The Labute approximate surface area is 173 Å². The molecule has 0 heterocycles. The van der Waals surface area contributed by atoms with E-state index in [-0.39, 0.29) is 10.6 Å². The lowest BCUT2D eigenvalue weighted by Crippen LogP contribution is -2.10. The van der Waals surface area contributed by atoms with Crippen LogP contribution in [0, 0.1) is 18.3 Å². The Hall–Kier alpha value is -2.88. The monoisotopic (exact) mass is 453 g/mol. The Morgan fingerprint density at radius 3 is 2.32 bits per heavy atom. The van der Waals surface area contributed by atoms with Crippen molar-refractivity contribution >= 4 is 37.7 Å². The summed E-state index contributed by atoms with van der Waals surface area (Å²) in [6.45, 7) is 1.88. The number of nitrogens with zero attached hydrogens (tertiary/aromatic N) is 1. The molecule has 4 nitrogen and oxygen atoms in total. The molecule has 3 rings (SSSR count). The molecule has 0 aliphatic carbocycles. The number of hydrogen-bond acceptors (Lipinski definition) is 4. The van der Waals surface area contributed by atoms with Crippen molar-refractivity contribution in [3.8, 4) is 11.8 Å². The maximum absolute atomic E-state index is 12.5. The molecule has 0 saturated heterocycles. The van der Waals surface area contributed by atoms with Crippen LogP contribution in [-0.4, -0.2) is 8.42 Å². The molecule has 0 spiro atoms. The lowest BCUT2D eigenvalue weighted by Gasteiger charge is -2.10. The first-order valence-corrected chi connectivity index (χ1v) is 10.6. The number of halogens is 1. The van der Waals surface area contributed by atoms with E-state index in [9.17, 15) is 13.7 Å². The van der Waals surface area contributed by atoms with Gasteiger partial charge in [-0.1, -0.05) is 54.1 Å². The average molecular weight is 454 g/mol. The van der Waals surface area contributed by atoms with Crippen LogP contribution in [0.5, 0.6) is 5.75 Å². The van der Waals surface area contributed by atoms with E-state index in [1.165, 1.54) is 12.1 Å². The van der Waals surface area contributed by atoms with Crippen molar-refractivity contribution in [2.45, 2.75) is 11.8 Å². The maximum atomic E-state index is 12.5. The van der Waals surface area contributed by atoms with Crippen LogP contribution in [0.1, 0.15) is 16.7 Å². The molecule has 6 heteroatoms. The summed E-state index contributed by atoms with van der Waals surface area (Å²) in [5.74, 6) is 0.177. The minimum absolute atomic E-state index is 0.0878. The van der Waals surface area contributed by atoms with Crippen molar-refractivity contribution in [3.05, 3.63) is 94.0 Å². The number of rotatable bonds is 5. The van der Waals surface area contributed by atoms with Crippen molar-refractivity contribution in [2.75, 3.05) is 0 Å². The van der Waals surface area contributed by atoms with Gasteiger partial charge in [-0.25, -0.2) is 0 Å². The molecule has 0 amide bonds. The topological polar surface area (TPSA) is 67.2 Å². The molecule has 140 valence electrons. The minimum atomic E-state index is -3.93. The van der Waals surface area contributed by atoms with Gasteiger partial charge in [0.25, 0.3) is 0 Å². The first kappa shape index (κ1) is 19.9. The summed E-state index contributed by atoms with van der Waals surface area (Å²) in [4.78, 5) is 0.0878. The van der Waals surface area contributed by atoms with Gasteiger partial charge in [0.1, 0.15) is 4.90 Å². The summed E-state index contributed by atoms with van der Waals surface area (Å²) in [6.07, 6.45) is 1.73. The second-order valence-corrected chi connectivity index (χ2v) is 8.48. The van der Waals surface area contributed by atoms with Crippen molar-refractivity contribution in [3.63, 3.8) is 0 Å². The fourth-order valence-electron chi connectivity index (χ4n) is 2.51. The van der Waals surface area contributed by atoms with E-state index in [0.717, 1.165) is 16.7 Å². The zero-order valence-electron chi connectivity index (χ0n) is 15.0. The standard InChI is InChI=1S/C22H16BrNO3S/c1-16-7-10-20(11-8-16)28(25,26)27-22-12-9-17(14-21(22)23)13-19(15-24)18-5-3-2-4-6-18/h2-14H,1H3/b19-13+. The number of hydrogen-bond donors (Lipinski definition) is 0. The Morgan fingerprint density at radius 2 is 1.71 bits per heavy atom. The molecule has 0 aliphatic heterocycles. The van der Waals surface area contributed by atoms with Gasteiger partial charge in [-0.05, 0) is 64.3 Å². The van der Waals surface area contributed by atoms with Crippen LogP contribution in [-0.2, 0) is 10.1 Å². The SMILES string of the molecule is Cc1ccc(S(=O)(=O)Oc2ccc(/C=C(\C#N)c3ccccc3)cc2Br)cc1. The first-order valence-electron chi connectivity index (χ1n) is 8.37. The molecular formula is C22H16BrNO3S. The Balaban J connectivity index is 1.87. The normalized spacial score (nSPS) is 11.7. The molecule has 0 aromatic heterocycles. The predicted octanol–water partition coefficient (Wildman–Crippen LogP) is 5.59. The average Bonchev–Trinajstić information content (AvgIpc) is 2.69. The highest BCUT2D eigenvalue weighted by atomic mass is 79.9. The van der Waals surface area contributed by atoms with Gasteiger partial charge in [0.15, 0.2) is 5.75 Å². The lowest BCUT2D eigenvalue weighted by atomic mass is 10.0. The third kappa shape index (κ3) is 4.69. The van der Waals surface area contributed by atoms with Crippen LogP contribution >= 0.6 is 15.9 Å². The van der Waals surface area contributed by atoms with Gasteiger partial charge in [-0.15, -0.1) is 0 Å². The molecule has 3 aromatic carbocycles. The summed E-state index contributed by atoms with van der Waals surface area (Å²) >= 11 is 3.35. The third-order valence-electron chi connectivity index (χ3n) is 3.98. The molecular weight excluding hydrogens is 438 g/mol. The smallest absolute Gasteiger partial charge is 0.339 e. The van der Waals surface area contributed by atoms with E-state index in [2.05, 4.69) is 22.0 Å². The zero-order valence-corrected chi connectivity index (χ0v) is 17.4. The van der Waals surface area contributed by atoms with Crippen LogP contribution in [0.15, 0.2) is 82.2 Å². The second kappa shape index (κ2) is 8.42. The van der Waals surface area contributed by atoms with Crippen molar-refractivity contribution in [2.24, 2.45) is 0 Å². The molecule has 0 atom stereocenters. The lowest BCUT2D eigenvalue weighted by molar-refractivity contribution is 0.484. The largest absolute Gasteiger partial charge is 0.378 e. The molecule has 0 saturated carbocycles. The van der Waals surface area contributed by atoms with Crippen LogP contribution in [0.4, 0.5) is 0 Å². The maximum Gasteiger partial charge on any atom is 0.339 e.